The lowest BCUT2D eigenvalue weighted by atomic mass is 10.2. The fourth-order valence-electron chi connectivity index (χ4n) is 1.59. The van der Waals surface area contributed by atoms with Crippen LogP contribution in [0.15, 0.2) is 18.3 Å². The predicted octanol–water partition coefficient (Wildman–Crippen LogP) is 0.503. The predicted molar refractivity (Wildman–Crippen MR) is 76.6 cm³/mol. The lowest BCUT2D eigenvalue weighted by molar-refractivity contribution is -0.123. The number of rotatable bonds is 9. The van der Waals surface area contributed by atoms with Crippen LogP contribution in [0, 0.1) is 0 Å². The molecule has 0 aliphatic carbocycles. The standard InChI is InChI=1S/C14H23N3O3/c1-11(15)8-12-4-5-13(9-17-12)20-10-14(18)16-6-3-7-19-2/h4-5,9,11H,3,6-8,10,15H2,1-2H3,(H,16,18). The molecule has 0 spiro atoms. The van der Waals surface area contributed by atoms with Crippen molar-refractivity contribution in [3.8, 4) is 5.75 Å². The second-order valence-electron chi connectivity index (χ2n) is 4.65. The highest BCUT2D eigenvalue weighted by atomic mass is 16.5. The molecule has 1 atom stereocenters. The van der Waals surface area contributed by atoms with E-state index in [2.05, 4.69) is 10.3 Å². The van der Waals surface area contributed by atoms with Gasteiger partial charge in [-0.15, -0.1) is 0 Å². The molecule has 1 rings (SSSR count). The van der Waals surface area contributed by atoms with Crippen molar-refractivity contribution in [2.45, 2.75) is 25.8 Å². The molecule has 1 aromatic rings. The van der Waals surface area contributed by atoms with E-state index in [-0.39, 0.29) is 18.6 Å². The van der Waals surface area contributed by atoms with E-state index in [4.69, 9.17) is 15.2 Å². The third-order valence-corrected chi connectivity index (χ3v) is 2.55. The maximum absolute atomic E-state index is 11.5. The summed E-state index contributed by atoms with van der Waals surface area (Å²) < 4.78 is 10.2. The van der Waals surface area contributed by atoms with E-state index in [0.29, 0.717) is 18.9 Å². The zero-order valence-electron chi connectivity index (χ0n) is 12.1. The number of ether oxygens (including phenoxy) is 2. The molecule has 0 fully saturated rings. The Kier molecular flexibility index (Phi) is 7.60. The Morgan fingerprint density at radius 2 is 2.30 bits per heavy atom. The highest BCUT2D eigenvalue weighted by molar-refractivity contribution is 5.77. The first-order valence-corrected chi connectivity index (χ1v) is 6.70. The molecule has 3 N–H and O–H groups in total. The summed E-state index contributed by atoms with van der Waals surface area (Å²) in [5, 5.41) is 2.74. The number of methoxy groups -OCH3 is 1. The average molecular weight is 281 g/mol. The third-order valence-electron chi connectivity index (χ3n) is 2.55. The van der Waals surface area contributed by atoms with Crippen LogP contribution in [0.25, 0.3) is 0 Å². The van der Waals surface area contributed by atoms with Crippen LogP contribution in [0.2, 0.25) is 0 Å². The summed E-state index contributed by atoms with van der Waals surface area (Å²) in [6, 6.07) is 3.73. The summed E-state index contributed by atoms with van der Waals surface area (Å²) in [6.07, 6.45) is 3.12. The lowest BCUT2D eigenvalue weighted by Crippen LogP contribution is -2.30. The fraction of sp³-hybridized carbons (Fsp3) is 0.571. The summed E-state index contributed by atoms with van der Waals surface area (Å²) >= 11 is 0. The number of hydrogen-bond donors (Lipinski definition) is 2. The van der Waals surface area contributed by atoms with Gasteiger partial charge in [0, 0.05) is 38.4 Å². The van der Waals surface area contributed by atoms with E-state index < -0.39 is 0 Å². The van der Waals surface area contributed by atoms with Crippen molar-refractivity contribution in [3.05, 3.63) is 24.0 Å². The Morgan fingerprint density at radius 1 is 1.50 bits per heavy atom. The Labute approximate surface area is 119 Å². The molecule has 20 heavy (non-hydrogen) atoms. The SMILES string of the molecule is COCCCNC(=O)COc1ccc(CC(C)N)nc1. The number of carbonyl (C=O) groups excluding carboxylic acids is 1. The number of hydrogen-bond acceptors (Lipinski definition) is 5. The van der Waals surface area contributed by atoms with Crippen molar-refractivity contribution in [2.75, 3.05) is 26.9 Å². The maximum Gasteiger partial charge on any atom is 0.257 e. The number of nitrogens with one attached hydrogen (secondary N) is 1. The monoisotopic (exact) mass is 281 g/mol. The van der Waals surface area contributed by atoms with Crippen LogP contribution < -0.4 is 15.8 Å². The van der Waals surface area contributed by atoms with E-state index in [1.165, 1.54) is 0 Å². The van der Waals surface area contributed by atoms with Crippen molar-refractivity contribution in [1.29, 1.82) is 0 Å². The number of pyridine rings is 1. The Bertz CT molecular complexity index is 393. The molecule has 0 bridgehead atoms. The van der Waals surface area contributed by atoms with Gasteiger partial charge >= 0.3 is 0 Å². The zero-order valence-corrected chi connectivity index (χ0v) is 12.1. The second kappa shape index (κ2) is 9.28. The number of nitrogens with two attached hydrogens (primary N) is 1. The van der Waals surface area contributed by atoms with Gasteiger partial charge in [-0.1, -0.05) is 0 Å². The summed E-state index contributed by atoms with van der Waals surface area (Å²) in [6.45, 7) is 3.13. The normalized spacial score (nSPS) is 11.9. The van der Waals surface area contributed by atoms with E-state index >= 15 is 0 Å². The number of aromatic nitrogens is 1. The van der Waals surface area contributed by atoms with Crippen LogP contribution in [0.5, 0.6) is 5.75 Å². The van der Waals surface area contributed by atoms with Crippen molar-refractivity contribution in [3.63, 3.8) is 0 Å². The molecule has 6 nitrogen and oxygen atoms in total. The first-order valence-electron chi connectivity index (χ1n) is 6.70. The molecule has 1 amide bonds. The minimum Gasteiger partial charge on any atom is -0.482 e. The van der Waals surface area contributed by atoms with Gasteiger partial charge in [0.25, 0.3) is 5.91 Å². The van der Waals surface area contributed by atoms with Crippen LogP contribution in [0.4, 0.5) is 0 Å². The van der Waals surface area contributed by atoms with Crippen molar-refractivity contribution >= 4 is 5.91 Å². The van der Waals surface area contributed by atoms with Crippen molar-refractivity contribution < 1.29 is 14.3 Å². The minimum absolute atomic E-state index is 0.0126. The highest BCUT2D eigenvalue weighted by Gasteiger charge is 2.03. The Morgan fingerprint density at radius 3 is 2.90 bits per heavy atom. The minimum atomic E-state index is -0.152. The zero-order chi connectivity index (χ0) is 14.8. The van der Waals surface area contributed by atoms with E-state index in [1.807, 2.05) is 13.0 Å². The van der Waals surface area contributed by atoms with Gasteiger partial charge in [-0.05, 0) is 25.5 Å². The molecule has 1 aromatic heterocycles. The van der Waals surface area contributed by atoms with Crippen molar-refractivity contribution in [1.82, 2.24) is 10.3 Å². The molecular formula is C14H23N3O3. The molecule has 0 saturated carbocycles. The first-order chi connectivity index (χ1) is 9.61. The van der Waals surface area contributed by atoms with Gasteiger partial charge in [0.15, 0.2) is 6.61 Å². The van der Waals surface area contributed by atoms with Crippen molar-refractivity contribution in [2.24, 2.45) is 5.73 Å². The van der Waals surface area contributed by atoms with Crippen LogP contribution >= 0.6 is 0 Å². The molecule has 0 aromatic carbocycles. The largest absolute Gasteiger partial charge is 0.482 e. The lowest BCUT2D eigenvalue weighted by Gasteiger charge is -2.08. The summed E-state index contributed by atoms with van der Waals surface area (Å²) in [7, 11) is 1.63. The fourth-order valence-corrected chi connectivity index (χ4v) is 1.59. The van der Waals surface area contributed by atoms with Gasteiger partial charge in [-0.25, -0.2) is 0 Å². The maximum atomic E-state index is 11.5. The Balaban J connectivity index is 2.25. The van der Waals surface area contributed by atoms with Gasteiger partial charge in [0.2, 0.25) is 0 Å². The van der Waals surface area contributed by atoms with Gasteiger partial charge in [-0.2, -0.15) is 0 Å². The molecule has 112 valence electrons. The number of amides is 1. The van der Waals surface area contributed by atoms with Crippen LogP contribution in [0.1, 0.15) is 19.0 Å². The summed E-state index contributed by atoms with van der Waals surface area (Å²) in [5.41, 5.74) is 6.61. The number of nitrogens with zero attached hydrogens (tertiary/aromatic N) is 1. The van der Waals surface area contributed by atoms with Crippen LogP contribution in [-0.2, 0) is 16.0 Å². The summed E-state index contributed by atoms with van der Waals surface area (Å²) in [5.74, 6) is 0.422. The molecular weight excluding hydrogens is 258 g/mol. The smallest absolute Gasteiger partial charge is 0.257 e. The average Bonchev–Trinajstić information content (AvgIpc) is 2.42. The molecule has 1 unspecified atom stereocenters. The third kappa shape index (κ3) is 7.06. The Hall–Kier alpha value is -1.66. The van der Waals surface area contributed by atoms with Gasteiger partial charge in [0.05, 0.1) is 6.20 Å². The highest BCUT2D eigenvalue weighted by Crippen LogP contribution is 2.09. The molecule has 0 aliphatic heterocycles. The quantitative estimate of drug-likeness (QED) is 0.644. The molecule has 1 heterocycles. The van der Waals surface area contributed by atoms with E-state index in [1.54, 1.807) is 19.4 Å². The van der Waals surface area contributed by atoms with E-state index in [0.717, 1.165) is 18.5 Å². The van der Waals surface area contributed by atoms with Gasteiger partial charge in [0.1, 0.15) is 5.75 Å². The van der Waals surface area contributed by atoms with Crippen LogP contribution in [0.3, 0.4) is 0 Å². The molecule has 0 radical (unpaired) electrons. The van der Waals surface area contributed by atoms with Gasteiger partial charge in [-0.3, -0.25) is 9.78 Å². The second-order valence-corrected chi connectivity index (χ2v) is 4.65. The number of carbonyl (C=O) groups is 1. The molecule has 0 aliphatic rings. The molecule has 6 heteroatoms. The summed E-state index contributed by atoms with van der Waals surface area (Å²) in [4.78, 5) is 15.7. The van der Waals surface area contributed by atoms with E-state index in [9.17, 15) is 4.79 Å². The van der Waals surface area contributed by atoms with Crippen LogP contribution in [-0.4, -0.2) is 43.8 Å². The molecule has 0 saturated heterocycles. The first kappa shape index (κ1) is 16.4. The van der Waals surface area contributed by atoms with Gasteiger partial charge < -0.3 is 20.5 Å². The topological polar surface area (TPSA) is 86.5 Å².